The lowest BCUT2D eigenvalue weighted by atomic mass is 9.75. The van der Waals surface area contributed by atoms with Crippen LogP contribution in [0.5, 0.6) is 0 Å². The summed E-state index contributed by atoms with van der Waals surface area (Å²) in [4.78, 5) is 43.4. The second-order valence-electron chi connectivity index (χ2n) is 7.92. The summed E-state index contributed by atoms with van der Waals surface area (Å²) in [7, 11) is 0. The normalized spacial score (nSPS) is 32.5. The zero-order chi connectivity index (χ0) is 18.4. The van der Waals surface area contributed by atoms with Gasteiger partial charge in [0, 0.05) is 5.41 Å². The van der Waals surface area contributed by atoms with E-state index in [-0.39, 0.29) is 12.4 Å². The number of nitrogens with zero attached hydrogens (tertiary/aromatic N) is 1. The van der Waals surface area contributed by atoms with Crippen molar-refractivity contribution in [3.8, 4) is 0 Å². The van der Waals surface area contributed by atoms with Crippen LogP contribution >= 0.6 is 0 Å². The molecule has 136 valence electrons. The lowest BCUT2D eigenvalue weighted by molar-refractivity contribution is -0.196. The molecule has 2 saturated heterocycles. The molecule has 2 aliphatic rings. The summed E-state index contributed by atoms with van der Waals surface area (Å²) in [6, 6.07) is -1.72. The van der Waals surface area contributed by atoms with E-state index in [4.69, 9.17) is 14.3 Å². The van der Waals surface area contributed by atoms with Crippen LogP contribution in [-0.2, 0) is 28.7 Å². The molecule has 0 saturated carbocycles. The summed E-state index contributed by atoms with van der Waals surface area (Å²) in [5, 5.41) is 1.35. The van der Waals surface area contributed by atoms with Crippen molar-refractivity contribution >= 4 is 17.7 Å². The Morgan fingerprint density at radius 3 is 2.33 bits per heavy atom. The molecule has 0 aromatic carbocycles. The minimum atomic E-state index is -1.16. The van der Waals surface area contributed by atoms with Gasteiger partial charge in [-0.2, -0.15) is 5.06 Å². The van der Waals surface area contributed by atoms with Gasteiger partial charge in [0.1, 0.15) is 11.5 Å². The van der Waals surface area contributed by atoms with Crippen LogP contribution in [0.3, 0.4) is 0 Å². The predicted molar refractivity (Wildman–Crippen MR) is 84.7 cm³/mol. The van der Waals surface area contributed by atoms with Crippen LogP contribution < -0.4 is 0 Å². The molecule has 4 unspecified atom stereocenters. The Balaban J connectivity index is 2.35. The van der Waals surface area contributed by atoms with Gasteiger partial charge in [-0.1, -0.05) is 13.8 Å². The fraction of sp³-hybridized carbons (Fsp3) is 0.824. The molecule has 0 N–H and O–H groups in total. The highest BCUT2D eigenvalue weighted by molar-refractivity contribution is 6.08. The van der Waals surface area contributed by atoms with Gasteiger partial charge in [0.25, 0.3) is 0 Å². The number of fused-ring (bicyclic) bond motifs is 1. The predicted octanol–water partition coefficient (Wildman–Crippen LogP) is 1.49. The van der Waals surface area contributed by atoms with E-state index in [1.165, 1.54) is 5.06 Å². The topological polar surface area (TPSA) is 82.1 Å². The van der Waals surface area contributed by atoms with E-state index in [9.17, 15) is 14.4 Å². The van der Waals surface area contributed by atoms with Crippen LogP contribution in [-0.4, -0.2) is 53.2 Å². The molecule has 7 heteroatoms. The molecule has 2 heterocycles. The average molecular weight is 341 g/mol. The van der Waals surface area contributed by atoms with E-state index in [1.807, 2.05) is 0 Å². The fourth-order valence-corrected chi connectivity index (χ4v) is 3.47. The highest BCUT2D eigenvalue weighted by Crippen LogP contribution is 2.48. The molecule has 4 atom stereocenters. The maximum absolute atomic E-state index is 12.8. The van der Waals surface area contributed by atoms with E-state index >= 15 is 0 Å². The van der Waals surface area contributed by atoms with Crippen LogP contribution in [0.1, 0.15) is 48.5 Å². The zero-order valence-electron chi connectivity index (χ0n) is 15.4. The highest BCUT2D eigenvalue weighted by Gasteiger charge is 2.66. The van der Waals surface area contributed by atoms with E-state index in [1.54, 1.807) is 48.5 Å². The van der Waals surface area contributed by atoms with Gasteiger partial charge >= 0.3 is 11.9 Å². The number of hydrogen-bond donors (Lipinski definition) is 0. The Labute approximate surface area is 142 Å². The standard InChI is InChI=1S/C17H27NO6/c1-8-22-14(20)10-9(2)24-18-11(15(21)23-16(3,4)5)13(19)17(6,7)12(10)18/h9-12H,8H2,1-7H3. The molecular weight excluding hydrogens is 314 g/mol. The Hall–Kier alpha value is -1.47. The number of ether oxygens (including phenoxy) is 2. The maximum Gasteiger partial charge on any atom is 0.334 e. The summed E-state index contributed by atoms with van der Waals surface area (Å²) in [6.07, 6.45) is -0.480. The number of carbonyl (C=O) groups is 3. The van der Waals surface area contributed by atoms with Crippen LogP contribution in [0, 0.1) is 11.3 Å². The molecule has 2 fully saturated rings. The minimum Gasteiger partial charge on any atom is -0.466 e. The SMILES string of the molecule is CCOC(=O)C1C(C)ON2C(C(=O)OC(C)(C)C)C(=O)C(C)(C)C12. The Kier molecular flexibility index (Phi) is 4.80. The van der Waals surface area contributed by atoms with Crippen LogP contribution in [0.15, 0.2) is 0 Å². The first-order chi connectivity index (χ1) is 10.9. The third kappa shape index (κ3) is 3.07. The zero-order valence-corrected chi connectivity index (χ0v) is 15.4. The molecule has 7 nitrogen and oxygen atoms in total. The number of esters is 2. The van der Waals surface area contributed by atoms with E-state index < -0.39 is 47.1 Å². The van der Waals surface area contributed by atoms with Crippen molar-refractivity contribution in [1.82, 2.24) is 5.06 Å². The Morgan fingerprint density at radius 1 is 1.25 bits per heavy atom. The van der Waals surface area contributed by atoms with Gasteiger partial charge in [-0.15, -0.1) is 0 Å². The molecule has 0 aliphatic carbocycles. The fourth-order valence-electron chi connectivity index (χ4n) is 3.47. The van der Waals surface area contributed by atoms with Crippen molar-refractivity contribution in [2.75, 3.05) is 6.61 Å². The number of hydrogen-bond acceptors (Lipinski definition) is 7. The molecular formula is C17H27NO6. The number of hydroxylamine groups is 2. The Bertz CT molecular complexity index is 550. The van der Waals surface area contributed by atoms with Crippen molar-refractivity contribution in [2.24, 2.45) is 11.3 Å². The molecule has 2 rings (SSSR count). The summed E-state index contributed by atoms with van der Waals surface area (Å²) >= 11 is 0. The number of rotatable bonds is 3. The first-order valence-corrected chi connectivity index (χ1v) is 8.30. The van der Waals surface area contributed by atoms with Crippen molar-refractivity contribution in [1.29, 1.82) is 0 Å². The summed E-state index contributed by atoms with van der Waals surface area (Å²) in [6.45, 7) is 12.4. The molecule has 0 spiro atoms. The summed E-state index contributed by atoms with van der Waals surface area (Å²) in [5.74, 6) is -2.00. The molecule has 24 heavy (non-hydrogen) atoms. The Morgan fingerprint density at radius 2 is 1.83 bits per heavy atom. The van der Waals surface area contributed by atoms with E-state index in [0.717, 1.165) is 0 Å². The maximum atomic E-state index is 12.8. The largest absolute Gasteiger partial charge is 0.466 e. The lowest BCUT2D eigenvalue weighted by Gasteiger charge is -2.27. The first kappa shape index (κ1) is 18.9. The molecule has 0 radical (unpaired) electrons. The monoisotopic (exact) mass is 341 g/mol. The van der Waals surface area contributed by atoms with Gasteiger partial charge in [-0.3, -0.25) is 14.4 Å². The second kappa shape index (κ2) is 6.11. The van der Waals surface area contributed by atoms with Gasteiger partial charge in [0.2, 0.25) is 0 Å². The minimum absolute atomic E-state index is 0.249. The molecule has 0 bridgehead atoms. The first-order valence-electron chi connectivity index (χ1n) is 8.30. The smallest absolute Gasteiger partial charge is 0.334 e. The lowest BCUT2D eigenvalue weighted by Crippen LogP contribution is -2.44. The van der Waals surface area contributed by atoms with Crippen molar-refractivity contribution in [3.63, 3.8) is 0 Å². The van der Waals surface area contributed by atoms with Crippen molar-refractivity contribution in [2.45, 2.75) is 72.3 Å². The highest BCUT2D eigenvalue weighted by atomic mass is 16.7. The molecule has 2 aliphatic heterocycles. The van der Waals surface area contributed by atoms with Crippen molar-refractivity contribution in [3.05, 3.63) is 0 Å². The number of Topliss-reactive ketones (excluding diaryl/α,β-unsaturated/α-hetero) is 1. The average Bonchev–Trinajstić information content (AvgIpc) is 2.82. The van der Waals surface area contributed by atoms with Gasteiger partial charge in [-0.05, 0) is 34.6 Å². The third-order valence-electron chi connectivity index (χ3n) is 4.47. The van der Waals surface area contributed by atoms with Gasteiger partial charge in [-0.25, -0.2) is 4.79 Å². The van der Waals surface area contributed by atoms with Gasteiger partial charge in [0.05, 0.1) is 18.8 Å². The number of ketones is 1. The van der Waals surface area contributed by atoms with Crippen LogP contribution in [0.2, 0.25) is 0 Å². The van der Waals surface area contributed by atoms with Crippen molar-refractivity contribution < 1.29 is 28.7 Å². The van der Waals surface area contributed by atoms with Crippen LogP contribution in [0.25, 0.3) is 0 Å². The molecule has 0 aromatic heterocycles. The second-order valence-corrected chi connectivity index (χ2v) is 7.92. The number of carbonyl (C=O) groups excluding carboxylic acids is 3. The molecule has 0 aromatic rings. The summed E-state index contributed by atoms with van der Waals surface area (Å²) in [5.41, 5.74) is -1.64. The molecule has 0 amide bonds. The van der Waals surface area contributed by atoms with Gasteiger partial charge in [0.15, 0.2) is 11.8 Å². The van der Waals surface area contributed by atoms with Crippen LogP contribution in [0.4, 0.5) is 0 Å². The van der Waals surface area contributed by atoms with E-state index in [0.29, 0.717) is 0 Å². The quantitative estimate of drug-likeness (QED) is 0.568. The van der Waals surface area contributed by atoms with E-state index in [2.05, 4.69) is 0 Å². The summed E-state index contributed by atoms with van der Waals surface area (Å²) < 4.78 is 10.5. The van der Waals surface area contributed by atoms with Gasteiger partial charge < -0.3 is 9.47 Å². The third-order valence-corrected chi connectivity index (χ3v) is 4.47.